The second-order valence-electron chi connectivity index (χ2n) is 5.49. The molecule has 0 aromatic heterocycles. The average molecular weight is 356 g/mol. The van der Waals surface area contributed by atoms with Crippen LogP contribution in [0.1, 0.15) is 32.8 Å². The van der Waals surface area contributed by atoms with Crippen molar-refractivity contribution in [3.05, 3.63) is 29.8 Å². The smallest absolute Gasteiger partial charge is 0.323 e. The second kappa shape index (κ2) is 8.79. The Morgan fingerprint density at radius 2 is 1.79 bits per heavy atom. The minimum atomic E-state index is -3.53. The van der Waals surface area contributed by atoms with Crippen LogP contribution in [-0.2, 0) is 26.0 Å². The molecule has 0 spiro atoms. The molecule has 1 aromatic carbocycles. The molecule has 0 aliphatic rings. The van der Waals surface area contributed by atoms with Gasteiger partial charge in [0.05, 0.1) is 11.3 Å². The van der Waals surface area contributed by atoms with Crippen LogP contribution in [0.25, 0.3) is 0 Å². The first-order valence-electron chi connectivity index (χ1n) is 7.81. The Balaban J connectivity index is 2.88. The van der Waals surface area contributed by atoms with Crippen molar-refractivity contribution in [2.24, 2.45) is 0 Å². The minimum absolute atomic E-state index is 0.0269. The summed E-state index contributed by atoms with van der Waals surface area (Å²) in [7, 11) is -3.53. The third-order valence-corrected chi connectivity index (χ3v) is 5.23. The first kappa shape index (κ1) is 20.1. The van der Waals surface area contributed by atoms with Gasteiger partial charge in [0.2, 0.25) is 15.9 Å². The van der Waals surface area contributed by atoms with Crippen molar-refractivity contribution < 1.29 is 23.1 Å². The van der Waals surface area contributed by atoms with Gasteiger partial charge in [0.15, 0.2) is 0 Å². The molecule has 2 N–H and O–H groups in total. The Hall–Kier alpha value is -1.93. The maximum absolute atomic E-state index is 12.4. The van der Waals surface area contributed by atoms with Gasteiger partial charge in [0, 0.05) is 12.6 Å². The first-order valence-corrected chi connectivity index (χ1v) is 9.29. The Labute approximate surface area is 142 Å². The van der Waals surface area contributed by atoms with Crippen LogP contribution in [0.3, 0.4) is 0 Å². The van der Waals surface area contributed by atoms with E-state index in [2.05, 4.69) is 4.72 Å². The molecule has 0 fully saturated rings. The third kappa shape index (κ3) is 5.61. The van der Waals surface area contributed by atoms with E-state index in [1.54, 1.807) is 26.0 Å². The van der Waals surface area contributed by atoms with E-state index in [1.165, 1.54) is 17.0 Å². The molecular weight excluding hydrogens is 332 g/mol. The summed E-state index contributed by atoms with van der Waals surface area (Å²) in [4.78, 5) is 24.8. The molecule has 0 heterocycles. The zero-order valence-corrected chi connectivity index (χ0v) is 15.0. The highest BCUT2D eigenvalue weighted by Crippen LogP contribution is 2.13. The van der Waals surface area contributed by atoms with Crippen LogP contribution in [0.15, 0.2) is 29.2 Å². The number of carboxylic acids is 1. The zero-order chi connectivity index (χ0) is 18.3. The summed E-state index contributed by atoms with van der Waals surface area (Å²) in [6, 6.07) is 5.83. The van der Waals surface area contributed by atoms with Gasteiger partial charge in [-0.05, 0) is 31.0 Å². The highest BCUT2D eigenvalue weighted by molar-refractivity contribution is 7.89. The molecule has 8 heteroatoms. The van der Waals surface area contributed by atoms with E-state index < -0.39 is 16.0 Å². The van der Waals surface area contributed by atoms with Gasteiger partial charge in [-0.15, -0.1) is 0 Å². The molecule has 1 rings (SSSR count). The van der Waals surface area contributed by atoms with Gasteiger partial charge < -0.3 is 10.0 Å². The largest absolute Gasteiger partial charge is 0.480 e. The molecule has 1 atom stereocenters. The molecule has 1 aromatic rings. The van der Waals surface area contributed by atoms with Crippen molar-refractivity contribution in [3.63, 3.8) is 0 Å². The Morgan fingerprint density at radius 1 is 1.21 bits per heavy atom. The Kier molecular flexibility index (Phi) is 7.37. The third-order valence-electron chi connectivity index (χ3n) is 3.67. The number of carbonyl (C=O) groups is 2. The summed E-state index contributed by atoms with van der Waals surface area (Å²) in [5.41, 5.74) is 0.633. The number of amides is 1. The normalized spacial score (nSPS) is 12.6. The molecule has 0 aliphatic carbocycles. The summed E-state index contributed by atoms with van der Waals surface area (Å²) >= 11 is 0. The molecule has 0 saturated heterocycles. The van der Waals surface area contributed by atoms with E-state index in [0.29, 0.717) is 18.5 Å². The fraction of sp³-hybridized carbons (Fsp3) is 0.500. The van der Waals surface area contributed by atoms with Crippen LogP contribution >= 0.6 is 0 Å². The lowest BCUT2D eigenvalue weighted by Crippen LogP contribution is -2.42. The topological polar surface area (TPSA) is 104 Å². The van der Waals surface area contributed by atoms with Crippen molar-refractivity contribution in [1.29, 1.82) is 0 Å². The molecule has 0 saturated carbocycles. The van der Waals surface area contributed by atoms with E-state index in [9.17, 15) is 18.0 Å². The molecule has 0 aliphatic heterocycles. The molecular formula is C16H24N2O5S. The van der Waals surface area contributed by atoms with Crippen molar-refractivity contribution in [1.82, 2.24) is 9.62 Å². The lowest BCUT2D eigenvalue weighted by atomic mass is 10.1. The van der Waals surface area contributed by atoms with Crippen LogP contribution in [0, 0.1) is 0 Å². The summed E-state index contributed by atoms with van der Waals surface area (Å²) in [6.45, 7) is 5.32. The number of hydrogen-bond acceptors (Lipinski definition) is 4. The Morgan fingerprint density at radius 3 is 2.25 bits per heavy atom. The minimum Gasteiger partial charge on any atom is -0.480 e. The first-order chi connectivity index (χ1) is 11.2. The van der Waals surface area contributed by atoms with Crippen LogP contribution in [0.2, 0.25) is 0 Å². The molecule has 0 radical (unpaired) electrons. The predicted octanol–water partition coefficient (Wildman–Crippen LogP) is 1.24. The van der Waals surface area contributed by atoms with E-state index in [0.717, 1.165) is 0 Å². The van der Waals surface area contributed by atoms with Gasteiger partial charge in [-0.2, -0.15) is 0 Å². The van der Waals surface area contributed by atoms with Gasteiger partial charge >= 0.3 is 5.97 Å². The molecule has 7 nitrogen and oxygen atoms in total. The summed E-state index contributed by atoms with van der Waals surface area (Å²) in [6.07, 6.45) is 0.679. The summed E-state index contributed by atoms with van der Waals surface area (Å²) in [5, 5.41) is 8.95. The van der Waals surface area contributed by atoms with E-state index in [-0.39, 0.29) is 29.8 Å². The lowest BCUT2D eigenvalue weighted by molar-refractivity contribution is -0.145. The fourth-order valence-corrected chi connectivity index (χ4v) is 3.23. The zero-order valence-electron chi connectivity index (χ0n) is 14.2. The molecule has 24 heavy (non-hydrogen) atoms. The predicted molar refractivity (Wildman–Crippen MR) is 90.1 cm³/mol. The molecule has 0 bridgehead atoms. The fourth-order valence-electron chi connectivity index (χ4n) is 2.19. The number of carboxylic acid groups (broad SMARTS) is 1. The number of hydrogen-bond donors (Lipinski definition) is 2. The summed E-state index contributed by atoms with van der Waals surface area (Å²) in [5.74, 6) is -1.36. The summed E-state index contributed by atoms with van der Waals surface area (Å²) < 4.78 is 26.1. The van der Waals surface area contributed by atoms with Gasteiger partial charge in [0.25, 0.3) is 0 Å². The van der Waals surface area contributed by atoms with Gasteiger partial charge in [0.1, 0.15) is 6.54 Å². The SMILES string of the molecule is CCNS(=O)(=O)c1ccc(CC(=O)N(CC(=O)O)C(C)CC)cc1. The maximum atomic E-state index is 12.4. The Bertz CT molecular complexity index is 670. The number of sulfonamides is 1. The standard InChI is InChI=1S/C16H24N2O5S/c1-4-12(3)18(11-16(20)21)15(19)10-13-6-8-14(9-7-13)24(22,23)17-5-2/h6-9,12,17H,4-5,10-11H2,1-3H3,(H,20,21). The van der Waals surface area contributed by atoms with Crippen LogP contribution in [0.4, 0.5) is 0 Å². The number of nitrogens with one attached hydrogen (secondary N) is 1. The van der Waals surface area contributed by atoms with Crippen molar-refractivity contribution >= 4 is 21.9 Å². The number of aliphatic carboxylic acids is 1. The van der Waals surface area contributed by atoms with Gasteiger partial charge in [-0.1, -0.05) is 26.0 Å². The monoisotopic (exact) mass is 356 g/mol. The maximum Gasteiger partial charge on any atom is 0.323 e. The lowest BCUT2D eigenvalue weighted by Gasteiger charge is -2.27. The van der Waals surface area contributed by atoms with E-state index in [4.69, 9.17) is 5.11 Å². The van der Waals surface area contributed by atoms with Crippen molar-refractivity contribution in [3.8, 4) is 0 Å². The van der Waals surface area contributed by atoms with Gasteiger partial charge in [-0.25, -0.2) is 13.1 Å². The van der Waals surface area contributed by atoms with Crippen LogP contribution in [0.5, 0.6) is 0 Å². The highest BCUT2D eigenvalue weighted by atomic mass is 32.2. The van der Waals surface area contributed by atoms with Crippen molar-refractivity contribution in [2.45, 2.75) is 44.6 Å². The quantitative estimate of drug-likeness (QED) is 0.693. The number of rotatable bonds is 9. The molecule has 1 amide bonds. The van der Waals surface area contributed by atoms with E-state index >= 15 is 0 Å². The van der Waals surface area contributed by atoms with Crippen molar-refractivity contribution in [2.75, 3.05) is 13.1 Å². The van der Waals surface area contributed by atoms with Crippen LogP contribution < -0.4 is 4.72 Å². The number of nitrogens with zero attached hydrogens (tertiary/aromatic N) is 1. The van der Waals surface area contributed by atoms with Gasteiger partial charge in [-0.3, -0.25) is 9.59 Å². The highest BCUT2D eigenvalue weighted by Gasteiger charge is 2.22. The molecule has 134 valence electrons. The molecule has 1 unspecified atom stereocenters. The second-order valence-corrected chi connectivity index (χ2v) is 7.26. The van der Waals surface area contributed by atoms with Crippen LogP contribution in [-0.4, -0.2) is 49.4 Å². The number of benzene rings is 1. The number of carbonyl (C=O) groups excluding carboxylic acids is 1. The average Bonchev–Trinajstić information content (AvgIpc) is 2.52. The van der Waals surface area contributed by atoms with E-state index in [1.807, 2.05) is 6.92 Å².